The Labute approximate surface area is 250 Å². The van der Waals surface area contributed by atoms with Crippen molar-refractivity contribution in [3.8, 4) is 23.0 Å². The van der Waals surface area contributed by atoms with E-state index in [9.17, 15) is 9.59 Å². The molecule has 1 aromatic heterocycles. The lowest BCUT2D eigenvalue weighted by molar-refractivity contribution is 0.0491. The van der Waals surface area contributed by atoms with Gasteiger partial charge in [-0.3, -0.25) is 9.78 Å². The number of hydrogen-bond donors (Lipinski definition) is 2. The molecule has 1 saturated carbocycles. The molecular weight excluding hydrogens is 546 g/mol. The molecule has 224 valence electrons. The topological polar surface area (TPSA) is 108 Å². The van der Waals surface area contributed by atoms with Crippen molar-refractivity contribution in [2.45, 2.75) is 64.0 Å². The van der Waals surface area contributed by atoms with Crippen molar-refractivity contribution in [2.75, 3.05) is 20.3 Å². The summed E-state index contributed by atoms with van der Waals surface area (Å²) < 4.78 is 24.1. The van der Waals surface area contributed by atoms with Gasteiger partial charge in [-0.2, -0.15) is 0 Å². The van der Waals surface area contributed by atoms with Crippen LogP contribution >= 0.6 is 0 Å². The number of fused-ring (bicyclic) bond motifs is 4. The molecule has 2 amide bonds. The maximum absolute atomic E-state index is 12.3. The monoisotopic (exact) mass is 583 g/mol. The van der Waals surface area contributed by atoms with E-state index in [2.05, 4.69) is 15.6 Å². The Bertz CT molecular complexity index is 1710. The molecule has 0 unspecified atom stereocenters. The first kappa shape index (κ1) is 28.6. The first-order valence-electron chi connectivity index (χ1n) is 14.8. The quantitative estimate of drug-likeness (QED) is 0.211. The van der Waals surface area contributed by atoms with Crippen molar-refractivity contribution in [3.05, 3.63) is 65.9 Å². The Kier molecular flexibility index (Phi) is 7.50. The van der Waals surface area contributed by atoms with Crippen LogP contribution in [0.1, 0.15) is 62.4 Å². The summed E-state index contributed by atoms with van der Waals surface area (Å²) in [6, 6.07) is 15.1. The van der Waals surface area contributed by atoms with Gasteiger partial charge >= 0.3 is 6.09 Å². The number of carbonyl (C=O) groups excluding carboxylic acids is 2. The lowest BCUT2D eigenvalue weighted by Gasteiger charge is -2.23. The van der Waals surface area contributed by atoms with Crippen LogP contribution in [0.25, 0.3) is 21.7 Å². The first-order valence-corrected chi connectivity index (χ1v) is 14.8. The number of carbonyl (C=O) groups is 2. The zero-order valence-corrected chi connectivity index (χ0v) is 25.0. The molecular formula is C34H37N3O6. The van der Waals surface area contributed by atoms with E-state index in [0.29, 0.717) is 36.0 Å². The molecule has 43 heavy (non-hydrogen) atoms. The molecule has 1 aliphatic carbocycles. The summed E-state index contributed by atoms with van der Waals surface area (Å²) in [5.41, 5.74) is 1.68. The van der Waals surface area contributed by atoms with Gasteiger partial charge in [-0.05, 0) is 87.6 Å². The Morgan fingerprint density at radius 1 is 1.07 bits per heavy atom. The SMILES string of the molecule is CNC(=O)c1cccc2cc(Oc3ccnc4cc(OCCCC5(NC(=O)OC(C)(C)C)CC5)c5c(c34)CCO5)ccc12. The van der Waals surface area contributed by atoms with Crippen LogP contribution in [0.4, 0.5) is 4.79 Å². The average molecular weight is 584 g/mol. The molecule has 9 nitrogen and oxygen atoms in total. The maximum Gasteiger partial charge on any atom is 0.408 e. The number of aromatic nitrogens is 1. The Balaban J connectivity index is 1.17. The van der Waals surface area contributed by atoms with Crippen LogP contribution in [0, 0.1) is 0 Å². The normalized spacial score (nSPS) is 15.0. The van der Waals surface area contributed by atoms with Gasteiger partial charge in [0.15, 0.2) is 11.5 Å². The van der Waals surface area contributed by atoms with Crippen LogP contribution in [-0.4, -0.2) is 48.4 Å². The van der Waals surface area contributed by atoms with Gasteiger partial charge in [-0.1, -0.05) is 12.1 Å². The van der Waals surface area contributed by atoms with E-state index in [1.165, 1.54) is 0 Å². The van der Waals surface area contributed by atoms with Gasteiger partial charge < -0.3 is 29.6 Å². The van der Waals surface area contributed by atoms with Crippen molar-refractivity contribution in [1.29, 1.82) is 0 Å². The van der Waals surface area contributed by atoms with E-state index in [1.807, 2.05) is 69.3 Å². The second kappa shape index (κ2) is 11.3. The second-order valence-corrected chi connectivity index (χ2v) is 12.2. The summed E-state index contributed by atoms with van der Waals surface area (Å²) in [6.45, 7) is 6.64. The van der Waals surface area contributed by atoms with E-state index >= 15 is 0 Å². The number of hydrogen-bond acceptors (Lipinski definition) is 7. The fourth-order valence-corrected chi connectivity index (χ4v) is 5.65. The minimum atomic E-state index is -0.522. The standard InChI is InChI=1S/C34H37N3O6/c1-33(2,3)43-32(39)37-34(14-15-34)13-6-17-40-28-20-26-29(25-12-18-41-30(25)28)27(11-16-36-26)42-22-9-10-23-21(19-22)7-5-8-24(23)31(38)35-4/h5,7-11,16,19-20H,6,12-15,17-18H2,1-4H3,(H,35,38)(H,37,39). The van der Waals surface area contributed by atoms with Crippen LogP contribution < -0.4 is 24.8 Å². The average Bonchev–Trinajstić information content (AvgIpc) is 3.53. The highest BCUT2D eigenvalue weighted by Crippen LogP contribution is 2.45. The van der Waals surface area contributed by atoms with E-state index in [0.717, 1.165) is 65.1 Å². The van der Waals surface area contributed by atoms with Gasteiger partial charge in [0.25, 0.3) is 5.91 Å². The fraction of sp³-hybridized carbons (Fsp3) is 0.382. The molecule has 2 aliphatic rings. The molecule has 1 fully saturated rings. The number of ether oxygens (including phenoxy) is 4. The van der Waals surface area contributed by atoms with Crippen molar-refractivity contribution in [2.24, 2.45) is 0 Å². The van der Waals surface area contributed by atoms with Crippen LogP contribution in [0.5, 0.6) is 23.0 Å². The third-order valence-electron chi connectivity index (χ3n) is 7.84. The highest BCUT2D eigenvalue weighted by Gasteiger charge is 2.44. The van der Waals surface area contributed by atoms with Gasteiger partial charge in [0, 0.05) is 42.4 Å². The predicted octanol–water partition coefficient (Wildman–Crippen LogP) is 6.69. The van der Waals surface area contributed by atoms with Crippen molar-refractivity contribution < 1.29 is 28.5 Å². The number of nitrogens with zero attached hydrogens (tertiary/aromatic N) is 1. The van der Waals surface area contributed by atoms with Gasteiger partial charge in [0.1, 0.15) is 17.1 Å². The third kappa shape index (κ3) is 6.16. The lowest BCUT2D eigenvalue weighted by Crippen LogP contribution is -2.40. The van der Waals surface area contributed by atoms with Crippen LogP contribution in [0.3, 0.4) is 0 Å². The smallest absolute Gasteiger partial charge is 0.408 e. The predicted molar refractivity (Wildman–Crippen MR) is 164 cm³/mol. The molecule has 2 heterocycles. The van der Waals surface area contributed by atoms with Gasteiger partial charge in [0.05, 0.1) is 24.1 Å². The number of benzene rings is 3. The summed E-state index contributed by atoms with van der Waals surface area (Å²) in [5, 5.41) is 8.42. The highest BCUT2D eigenvalue weighted by atomic mass is 16.6. The molecule has 0 bridgehead atoms. The van der Waals surface area contributed by atoms with Crippen LogP contribution in [-0.2, 0) is 11.2 Å². The maximum atomic E-state index is 12.3. The van der Waals surface area contributed by atoms with Crippen molar-refractivity contribution in [1.82, 2.24) is 15.6 Å². The molecule has 0 radical (unpaired) electrons. The second-order valence-electron chi connectivity index (χ2n) is 12.2. The first-order chi connectivity index (χ1) is 20.6. The van der Waals surface area contributed by atoms with E-state index in [-0.39, 0.29) is 17.5 Å². The molecule has 3 aromatic carbocycles. The van der Waals surface area contributed by atoms with Crippen LogP contribution in [0.2, 0.25) is 0 Å². The van der Waals surface area contributed by atoms with Crippen LogP contribution in [0.15, 0.2) is 54.7 Å². The molecule has 4 aromatic rings. The largest absolute Gasteiger partial charge is 0.490 e. The number of rotatable bonds is 9. The molecule has 9 heteroatoms. The fourth-order valence-electron chi connectivity index (χ4n) is 5.65. The van der Waals surface area contributed by atoms with Gasteiger partial charge in [-0.15, -0.1) is 0 Å². The minimum absolute atomic E-state index is 0.127. The van der Waals surface area contributed by atoms with Gasteiger partial charge in [-0.25, -0.2) is 4.79 Å². The van der Waals surface area contributed by atoms with E-state index in [4.69, 9.17) is 18.9 Å². The molecule has 6 rings (SSSR count). The molecule has 0 saturated heterocycles. The van der Waals surface area contributed by atoms with Crippen molar-refractivity contribution in [3.63, 3.8) is 0 Å². The third-order valence-corrected chi connectivity index (χ3v) is 7.84. The van der Waals surface area contributed by atoms with E-state index in [1.54, 1.807) is 13.2 Å². The molecule has 2 N–H and O–H groups in total. The number of pyridine rings is 1. The number of nitrogens with one attached hydrogen (secondary N) is 2. The molecule has 0 spiro atoms. The minimum Gasteiger partial charge on any atom is -0.490 e. The van der Waals surface area contributed by atoms with E-state index < -0.39 is 5.60 Å². The summed E-state index contributed by atoms with van der Waals surface area (Å²) in [5.74, 6) is 2.62. The molecule has 0 atom stereocenters. The molecule has 1 aliphatic heterocycles. The van der Waals surface area contributed by atoms with Gasteiger partial charge in [0.2, 0.25) is 0 Å². The Hall–Kier alpha value is -4.53. The lowest BCUT2D eigenvalue weighted by atomic mass is 10.0. The Morgan fingerprint density at radius 3 is 2.67 bits per heavy atom. The number of alkyl carbamates (subject to hydrolysis) is 1. The van der Waals surface area contributed by atoms with Crippen molar-refractivity contribution >= 4 is 33.7 Å². The summed E-state index contributed by atoms with van der Waals surface area (Å²) in [7, 11) is 1.63. The summed E-state index contributed by atoms with van der Waals surface area (Å²) in [4.78, 5) is 29.2. The Morgan fingerprint density at radius 2 is 1.91 bits per heavy atom. The summed E-state index contributed by atoms with van der Waals surface area (Å²) >= 11 is 0. The zero-order valence-electron chi connectivity index (χ0n) is 25.0. The number of amides is 2. The zero-order chi connectivity index (χ0) is 30.2. The highest BCUT2D eigenvalue weighted by molar-refractivity contribution is 6.07. The summed E-state index contributed by atoms with van der Waals surface area (Å²) in [6.07, 6.45) is 5.57.